The van der Waals surface area contributed by atoms with Gasteiger partial charge in [0.2, 0.25) is 5.95 Å². The molecular weight excluding hydrogens is 314 g/mol. The summed E-state index contributed by atoms with van der Waals surface area (Å²) in [5, 5.41) is 3.27. The maximum atomic E-state index is 12.4. The van der Waals surface area contributed by atoms with Crippen molar-refractivity contribution in [2.75, 3.05) is 43.4 Å². The predicted molar refractivity (Wildman–Crippen MR) is 91.1 cm³/mol. The van der Waals surface area contributed by atoms with E-state index in [1.165, 1.54) is 0 Å². The lowest BCUT2D eigenvalue weighted by molar-refractivity contribution is 0.102. The fourth-order valence-corrected chi connectivity index (χ4v) is 2.57. The molecule has 2 heterocycles. The van der Waals surface area contributed by atoms with Gasteiger partial charge >= 0.3 is 0 Å². The zero-order chi connectivity index (χ0) is 16.2. The van der Waals surface area contributed by atoms with Crippen molar-refractivity contribution in [2.24, 2.45) is 0 Å². The number of rotatable bonds is 3. The summed E-state index contributed by atoms with van der Waals surface area (Å²) in [6.45, 7) is 3.62. The molecule has 0 saturated carbocycles. The SMILES string of the molecule is CN1CCN(c2nccc(C(=O)Nc3ccccc3Cl)n2)CC1. The maximum absolute atomic E-state index is 12.4. The van der Waals surface area contributed by atoms with Crippen molar-refractivity contribution in [3.05, 3.63) is 47.2 Å². The largest absolute Gasteiger partial charge is 0.338 e. The van der Waals surface area contributed by atoms with Crippen LogP contribution in [0.15, 0.2) is 36.5 Å². The highest BCUT2D eigenvalue weighted by Crippen LogP contribution is 2.21. The molecular formula is C16H18ClN5O. The van der Waals surface area contributed by atoms with Gasteiger partial charge in [0, 0.05) is 32.4 Å². The molecule has 6 nitrogen and oxygen atoms in total. The van der Waals surface area contributed by atoms with Crippen LogP contribution < -0.4 is 10.2 Å². The Bertz CT molecular complexity index is 700. The predicted octanol–water partition coefficient (Wildman–Crippen LogP) is 2.13. The summed E-state index contributed by atoms with van der Waals surface area (Å²) >= 11 is 6.06. The van der Waals surface area contributed by atoms with Gasteiger partial charge in [-0.15, -0.1) is 0 Å². The molecule has 23 heavy (non-hydrogen) atoms. The average molecular weight is 332 g/mol. The van der Waals surface area contributed by atoms with Crippen LogP contribution in [0.5, 0.6) is 0 Å². The number of anilines is 2. The first-order valence-electron chi connectivity index (χ1n) is 7.46. The molecule has 1 aromatic carbocycles. The standard InChI is InChI=1S/C16H18ClN5O/c1-21-8-10-22(11-9-21)16-18-7-6-14(20-16)15(23)19-13-5-3-2-4-12(13)17/h2-7H,8-11H2,1H3,(H,19,23). The number of aromatic nitrogens is 2. The summed E-state index contributed by atoms with van der Waals surface area (Å²) in [4.78, 5) is 25.4. The lowest BCUT2D eigenvalue weighted by Gasteiger charge is -2.32. The van der Waals surface area contributed by atoms with Crippen LogP contribution in [0.4, 0.5) is 11.6 Å². The van der Waals surface area contributed by atoms with Crippen molar-refractivity contribution in [2.45, 2.75) is 0 Å². The Labute approximate surface area is 140 Å². The summed E-state index contributed by atoms with van der Waals surface area (Å²) in [6.07, 6.45) is 1.61. The smallest absolute Gasteiger partial charge is 0.274 e. The summed E-state index contributed by atoms with van der Waals surface area (Å²) < 4.78 is 0. The van der Waals surface area contributed by atoms with Crippen LogP contribution in [0.2, 0.25) is 5.02 Å². The molecule has 1 fully saturated rings. The van der Waals surface area contributed by atoms with Crippen molar-refractivity contribution >= 4 is 29.1 Å². The van der Waals surface area contributed by atoms with E-state index in [-0.39, 0.29) is 5.91 Å². The van der Waals surface area contributed by atoms with Crippen LogP contribution in [0.3, 0.4) is 0 Å². The summed E-state index contributed by atoms with van der Waals surface area (Å²) in [7, 11) is 2.09. The molecule has 7 heteroatoms. The van der Waals surface area contributed by atoms with Crippen LogP contribution in [0.1, 0.15) is 10.5 Å². The number of nitrogens with zero attached hydrogens (tertiary/aromatic N) is 4. The third-order valence-corrected chi connectivity index (χ3v) is 4.11. The van der Waals surface area contributed by atoms with Crippen molar-refractivity contribution in [1.29, 1.82) is 0 Å². The monoisotopic (exact) mass is 331 g/mol. The Morgan fingerprint density at radius 3 is 2.65 bits per heavy atom. The number of likely N-dealkylation sites (N-methyl/N-ethyl adjacent to an activating group) is 1. The van der Waals surface area contributed by atoms with Crippen LogP contribution in [-0.4, -0.2) is 54.0 Å². The Balaban J connectivity index is 1.74. The van der Waals surface area contributed by atoms with E-state index in [0.29, 0.717) is 22.4 Å². The number of para-hydroxylation sites is 1. The van der Waals surface area contributed by atoms with Crippen molar-refractivity contribution < 1.29 is 4.79 Å². The molecule has 1 aromatic heterocycles. The molecule has 1 saturated heterocycles. The van der Waals surface area contributed by atoms with Gasteiger partial charge in [-0.2, -0.15) is 0 Å². The number of halogens is 1. The lowest BCUT2D eigenvalue weighted by atomic mass is 10.3. The number of piperazine rings is 1. The van der Waals surface area contributed by atoms with Gasteiger partial charge in [-0.25, -0.2) is 9.97 Å². The first-order chi connectivity index (χ1) is 11.1. The summed E-state index contributed by atoms with van der Waals surface area (Å²) in [5.41, 5.74) is 0.896. The first-order valence-corrected chi connectivity index (χ1v) is 7.84. The van der Waals surface area contributed by atoms with Gasteiger partial charge in [-0.05, 0) is 25.2 Å². The van der Waals surface area contributed by atoms with Gasteiger partial charge in [0.25, 0.3) is 5.91 Å². The second-order valence-electron chi connectivity index (χ2n) is 5.47. The van der Waals surface area contributed by atoms with E-state index in [2.05, 4.69) is 32.1 Å². The third kappa shape index (κ3) is 3.78. The zero-order valence-electron chi connectivity index (χ0n) is 12.9. The first kappa shape index (κ1) is 15.7. The number of benzene rings is 1. The third-order valence-electron chi connectivity index (χ3n) is 3.78. The van der Waals surface area contributed by atoms with Crippen molar-refractivity contribution in [3.63, 3.8) is 0 Å². The quantitative estimate of drug-likeness (QED) is 0.933. The number of carbonyl (C=O) groups is 1. The molecule has 0 radical (unpaired) electrons. The molecule has 1 aliphatic heterocycles. The molecule has 0 atom stereocenters. The molecule has 3 rings (SSSR count). The fourth-order valence-electron chi connectivity index (χ4n) is 2.38. The second kappa shape index (κ2) is 6.93. The zero-order valence-corrected chi connectivity index (χ0v) is 13.6. The Kier molecular flexibility index (Phi) is 4.73. The average Bonchev–Trinajstić information content (AvgIpc) is 2.58. The number of hydrogen-bond acceptors (Lipinski definition) is 5. The highest BCUT2D eigenvalue weighted by Gasteiger charge is 2.18. The number of hydrogen-bond donors (Lipinski definition) is 1. The molecule has 0 unspecified atom stereocenters. The van der Waals surface area contributed by atoms with Gasteiger partial charge in [-0.3, -0.25) is 4.79 Å². The minimum absolute atomic E-state index is 0.295. The molecule has 1 N–H and O–H groups in total. The van der Waals surface area contributed by atoms with E-state index in [1.807, 2.05) is 12.1 Å². The Hall–Kier alpha value is -2.18. The number of amides is 1. The van der Waals surface area contributed by atoms with Crippen LogP contribution >= 0.6 is 11.6 Å². The van der Waals surface area contributed by atoms with E-state index in [0.717, 1.165) is 26.2 Å². The van der Waals surface area contributed by atoms with Crippen LogP contribution in [0, 0.1) is 0 Å². The molecule has 0 spiro atoms. The lowest BCUT2D eigenvalue weighted by Crippen LogP contribution is -2.45. The highest BCUT2D eigenvalue weighted by atomic mass is 35.5. The van der Waals surface area contributed by atoms with Gasteiger partial charge in [-0.1, -0.05) is 23.7 Å². The van der Waals surface area contributed by atoms with Crippen molar-refractivity contribution in [1.82, 2.24) is 14.9 Å². The van der Waals surface area contributed by atoms with Crippen molar-refractivity contribution in [3.8, 4) is 0 Å². The molecule has 2 aromatic rings. The normalized spacial score (nSPS) is 15.5. The number of carbonyl (C=O) groups excluding carboxylic acids is 1. The van der Waals surface area contributed by atoms with E-state index in [9.17, 15) is 4.79 Å². The van der Waals surface area contributed by atoms with E-state index >= 15 is 0 Å². The Morgan fingerprint density at radius 2 is 1.91 bits per heavy atom. The van der Waals surface area contributed by atoms with Gasteiger partial charge in [0.05, 0.1) is 10.7 Å². The molecule has 0 bridgehead atoms. The van der Waals surface area contributed by atoms with Gasteiger partial charge in [0.15, 0.2) is 0 Å². The van der Waals surface area contributed by atoms with Gasteiger partial charge < -0.3 is 15.1 Å². The van der Waals surface area contributed by atoms with E-state index in [1.54, 1.807) is 24.4 Å². The maximum Gasteiger partial charge on any atom is 0.274 e. The van der Waals surface area contributed by atoms with Crippen LogP contribution in [-0.2, 0) is 0 Å². The van der Waals surface area contributed by atoms with Crippen LogP contribution in [0.25, 0.3) is 0 Å². The fraction of sp³-hybridized carbons (Fsp3) is 0.312. The molecule has 1 amide bonds. The second-order valence-corrected chi connectivity index (χ2v) is 5.87. The highest BCUT2D eigenvalue weighted by molar-refractivity contribution is 6.33. The summed E-state index contributed by atoms with van der Waals surface area (Å²) in [5.74, 6) is 0.292. The summed E-state index contributed by atoms with van der Waals surface area (Å²) in [6, 6.07) is 8.71. The Morgan fingerprint density at radius 1 is 1.17 bits per heavy atom. The molecule has 1 aliphatic rings. The topological polar surface area (TPSA) is 61.4 Å². The number of nitrogens with one attached hydrogen (secondary N) is 1. The minimum atomic E-state index is -0.295. The van der Waals surface area contributed by atoms with E-state index < -0.39 is 0 Å². The molecule has 0 aliphatic carbocycles. The van der Waals surface area contributed by atoms with E-state index in [4.69, 9.17) is 11.6 Å². The minimum Gasteiger partial charge on any atom is -0.338 e. The van der Waals surface area contributed by atoms with Gasteiger partial charge in [0.1, 0.15) is 5.69 Å². The molecule has 120 valence electrons.